The summed E-state index contributed by atoms with van der Waals surface area (Å²) in [5.41, 5.74) is 10.5. The monoisotopic (exact) mass is 468 g/mol. The van der Waals surface area contributed by atoms with Gasteiger partial charge in [-0.3, -0.25) is 0 Å². The van der Waals surface area contributed by atoms with Crippen LogP contribution in [0, 0.1) is 0 Å². The second-order valence-corrected chi connectivity index (χ2v) is 11.2. The average Bonchev–Trinajstić information content (AvgIpc) is 3.70. The van der Waals surface area contributed by atoms with Gasteiger partial charge in [0.05, 0.1) is 0 Å². The third kappa shape index (κ3) is 2.64. The zero-order valence-corrected chi connectivity index (χ0v) is 20.1. The summed E-state index contributed by atoms with van der Waals surface area (Å²) < 4.78 is 0. The molecule has 4 nitrogen and oxygen atoms in total. The van der Waals surface area contributed by atoms with E-state index in [0.717, 1.165) is 22.8 Å². The number of rotatable bonds is 0. The number of aromatic amines is 4. The molecule has 4 aromatic rings. The molecule has 0 amide bonds. The highest BCUT2D eigenvalue weighted by molar-refractivity contribution is 5.61. The van der Waals surface area contributed by atoms with Crippen LogP contribution in [0.5, 0.6) is 0 Å². The molecule has 4 heteroatoms. The summed E-state index contributed by atoms with van der Waals surface area (Å²) >= 11 is 0. The van der Waals surface area contributed by atoms with Crippen molar-refractivity contribution in [2.75, 3.05) is 0 Å². The van der Waals surface area contributed by atoms with Gasteiger partial charge >= 0.3 is 0 Å². The summed E-state index contributed by atoms with van der Waals surface area (Å²) in [6, 6.07) is 8.84. The molecule has 4 N–H and O–H groups in total. The molecule has 1 aliphatic heterocycles. The summed E-state index contributed by atoms with van der Waals surface area (Å²) in [4.78, 5) is 15.0. The Morgan fingerprint density at radius 3 is 0.917 bits per heavy atom. The Labute approximate surface area is 208 Å². The topological polar surface area (TPSA) is 63.2 Å². The molecule has 4 aromatic heterocycles. The van der Waals surface area contributed by atoms with E-state index in [9.17, 15) is 0 Å². The molecule has 12 bridgehead atoms. The fraction of sp³-hybridized carbons (Fsp3) is 0.250. The van der Waals surface area contributed by atoms with Crippen LogP contribution in [0.1, 0.15) is 94.4 Å². The van der Waals surface area contributed by atoms with E-state index in [0.29, 0.717) is 23.7 Å². The molecule has 4 unspecified atom stereocenters. The molecule has 0 radical (unpaired) electrons. The maximum atomic E-state index is 3.81. The van der Waals surface area contributed by atoms with Gasteiger partial charge in [0.15, 0.2) is 0 Å². The molecular weight excluding hydrogens is 440 g/mol. The number of fused-ring (bicyclic) bond motifs is 10. The van der Waals surface area contributed by atoms with Gasteiger partial charge < -0.3 is 19.9 Å². The van der Waals surface area contributed by atoms with Crippen LogP contribution in [0.4, 0.5) is 0 Å². The predicted octanol–water partition coefficient (Wildman–Crippen LogP) is 3.69. The van der Waals surface area contributed by atoms with Crippen molar-refractivity contribution in [2.24, 2.45) is 0 Å². The number of hydrogen-bond acceptors (Lipinski definition) is 0. The summed E-state index contributed by atoms with van der Waals surface area (Å²) in [6.07, 6.45) is 23.9. The van der Waals surface area contributed by atoms with Crippen LogP contribution < -0.4 is 21.4 Å². The van der Waals surface area contributed by atoms with E-state index in [1.165, 1.54) is 69.3 Å². The quantitative estimate of drug-likeness (QED) is 0.251. The van der Waals surface area contributed by atoms with Crippen LogP contribution in [-0.2, 0) is 0 Å². The van der Waals surface area contributed by atoms with Crippen LogP contribution in [0.25, 0.3) is 24.3 Å². The number of allylic oxidation sites excluding steroid dienone is 4. The van der Waals surface area contributed by atoms with Crippen molar-refractivity contribution in [1.82, 2.24) is 19.9 Å². The van der Waals surface area contributed by atoms with Crippen LogP contribution in [-0.4, -0.2) is 19.9 Å². The predicted molar refractivity (Wildman–Crippen MR) is 144 cm³/mol. The molecule has 0 saturated carbocycles. The van der Waals surface area contributed by atoms with Crippen molar-refractivity contribution in [2.45, 2.75) is 49.4 Å². The fourth-order valence-electron chi connectivity index (χ4n) is 7.61. The number of aromatic nitrogens is 4. The van der Waals surface area contributed by atoms with Gasteiger partial charge in [0.1, 0.15) is 0 Å². The van der Waals surface area contributed by atoms with E-state index in [1.54, 1.807) is 0 Å². The Morgan fingerprint density at radius 2 is 0.667 bits per heavy atom. The normalized spacial score (nSPS) is 26.0. The second-order valence-electron chi connectivity index (χ2n) is 11.2. The summed E-state index contributed by atoms with van der Waals surface area (Å²) in [7, 11) is 0. The molecule has 0 fully saturated rings. The van der Waals surface area contributed by atoms with Gasteiger partial charge in [-0.2, -0.15) is 0 Å². The molecule has 4 atom stereocenters. The largest absolute Gasteiger partial charge is 0.355 e. The van der Waals surface area contributed by atoms with Crippen LogP contribution in [0.15, 0.2) is 48.6 Å². The lowest BCUT2D eigenvalue weighted by Gasteiger charge is -2.31. The minimum absolute atomic E-state index is 0.511. The van der Waals surface area contributed by atoms with Crippen LogP contribution in [0.3, 0.4) is 0 Å². The molecule has 176 valence electrons. The number of hydrogen-bond donors (Lipinski definition) is 4. The Morgan fingerprint density at radius 1 is 0.389 bits per heavy atom. The van der Waals surface area contributed by atoms with E-state index in [2.05, 4.69) is 92.8 Å². The first-order valence-electron chi connectivity index (χ1n) is 13.4. The first-order valence-corrected chi connectivity index (χ1v) is 13.4. The Bertz CT molecular complexity index is 1610. The lowest BCUT2D eigenvalue weighted by atomic mass is 9.72. The minimum Gasteiger partial charge on any atom is -0.355 e. The molecule has 0 saturated heterocycles. The van der Waals surface area contributed by atoms with E-state index >= 15 is 0 Å². The third-order valence-corrected chi connectivity index (χ3v) is 9.15. The van der Waals surface area contributed by atoms with Crippen LogP contribution >= 0.6 is 0 Å². The first kappa shape index (κ1) is 19.3. The number of H-pyrrole nitrogens is 4. The maximum absolute atomic E-state index is 3.81. The third-order valence-electron chi connectivity index (χ3n) is 9.15. The molecule has 0 aromatic carbocycles. The van der Waals surface area contributed by atoms with Crippen molar-refractivity contribution in [3.63, 3.8) is 0 Å². The van der Waals surface area contributed by atoms with Crippen molar-refractivity contribution < 1.29 is 0 Å². The smallest absolute Gasteiger partial charge is 0.0447 e. The lowest BCUT2D eigenvalue weighted by molar-refractivity contribution is 0.553. The molecule has 36 heavy (non-hydrogen) atoms. The Balaban J connectivity index is 1.35. The average molecular weight is 469 g/mol. The van der Waals surface area contributed by atoms with Crippen LogP contribution in [0.2, 0.25) is 0 Å². The van der Waals surface area contributed by atoms with Crippen molar-refractivity contribution >= 4 is 24.3 Å². The van der Waals surface area contributed by atoms with E-state index in [4.69, 9.17) is 0 Å². The molecular formula is C32H28N4. The standard InChI is InChI=1S/C32H28N4/c1-2-18-4-3-17(1)29-25-13-21-9-10-23(33-21)15-27-31-19-5-7-20(8-6-19)32(31)28(36-27)16-24-12-11-22(34-24)14-26(35-25)30(18)29/h1-2,5,7,9-20,33-36H,3-4,6,8H2. The number of nitrogens with one attached hydrogen (secondary N) is 4. The van der Waals surface area contributed by atoms with E-state index < -0.39 is 0 Å². The Kier molecular flexibility index (Phi) is 3.67. The van der Waals surface area contributed by atoms with Gasteiger partial charge in [-0.05, 0) is 96.5 Å². The zero-order valence-electron chi connectivity index (χ0n) is 20.1. The Hall–Kier alpha value is -3.92. The fourth-order valence-corrected chi connectivity index (χ4v) is 7.61. The van der Waals surface area contributed by atoms with Gasteiger partial charge in [0, 0.05) is 67.8 Å². The van der Waals surface area contributed by atoms with Gasteiger partial charge in [-0.15, -0.1) is 0 Å². The van der Waals surface area contributed by atoms with E-state index in [1.807, 2.05) is 0 Å². The lowest BCUT2D eigenvalue weighted by Crippen LogP contribution is -2.23. The van der Waals surface area contributed by atoms with Gasteiger partial charge in [-0.25, -0.2) is 0 Å². The molecule has 7 aliphatic rings. The highest BCUT2D eigenvalue weighted by Crippen LogP contribution is 2.43. The van der Waals surface area contributed by atoms with Crippen molar-refractivity contribution in [3.8, 4) is 0 Å². The SMILES string of the molecule is C1=CC2CCC1c1c2c2[nH]c1=Cc1ccc([nH]1)C=c1[nH]c(c3c1C1C=CC3CC1)=Cc1ccc([nH]1)C=2. The van der Waals surface area contributed by atoms with Gasteiger partial charge in [0.25, 0.3) is 0 Å². The molecule has 6 aliphatic carbocycles. The van der Waals surface area contributed by atoms with Crippen molar-refractivity contribution in [3.05, 3.63) is 115 Å². The summed E-state index contributed by atoms with van der Waals surface area (Å²) in [6.45, 7) is 0. The first-order chi connectivity index (χ1) is 17.8. The van der Waals surface area contributed by atoms with Gasteiger partial charge in [-0.1, -0.05) is 24.3 Å². The highest BCUT2D eigenvalue weighted by Gasteiger charge is 2.33. The second kappa shape index (κ2) is 6.85. The zero-order chi connectivity index (χ0) is 23.4. The molecule has 5 heterocycles. The van der Waals surface area contributed by atoms with E-state index in [-0.39, 0.29) is 0 Å². The maximum Gasteiger partial charge on any atom is 0.0447 e. The molecule has 11 rings (SSSR count). The highest BCUT2D eigenvalue weighted by atomic mass is 14.8. The summed E-state index contributed by atoms with van der Waals surface area (Å²) in [5, 5.41) is 4.99. The summed E-state index contributed by atoms with van der Waals surface area (Å²) in [5.74, 6) is 2.05. The minimum atomic E-state index is 0.511. The van der Waals surface area contributed by atoms with Crippen molar-refractivity contribution in [1.29, 1.82) is 0 Å². The molecule has 0 spiro atoms. The van der Waals surface area contributed by atoms with Gasteiger partial charge in [0.2, 0.25) is 0 Å².